The molecule has 1 saturated heterocycles. The highest BCUT2D eigenvalue weighted by atomic mass is 16.5. The van der Waals surface area contributed by atoms with Gasteiger partial charge < -0.3 is 10.1 Å². The number of ether oxygens (including phenoxy) is 1. The third-order valence-corrected chi connectivity index (χ3v) is 5.03. The molecule has 1 aromatic carbocycles. The van der Waals surface area contributed by atoms with Crippen molar-refractivity contribution in [3.63, 3.8) is 0 Å². The smallest absolute Gasteiger partial charge is 0.329 e. The molecule has 1 aromatic rings. The van der Waals surface area contributed by atoms with E-state index >= 15 is 0 Å². The van der Waals surface area contributed by atoms with Crippen LogP contribution in [-0.4, -0.2) is 41.2 Å². The Kier molecular flexibility index (Phi) is 5.39. The van der Waals surface area contributed by atoms with Gasteiger partial charge in [0.05, 0.1) is 11.8 Å². The van der Waals surface area contributed by atoms with E-state index in [1.54, 1.807) is 12.1 Å². The summed E-state index contributed by atoms with van der Waals surface area (Å²) in [6, 6.07) is 6.18. The summed E-state index contributed by atoms with van der Waals surface area (Å²) < 4.78 is 5.03. The lowest BCUT2D eigenvalue weighted by Gasteiger charge is -2.21. The number of hydrogen-bond acceptors (Lipinski definition) is 5. The maximum Gasteiger partial charge on any atom is 0.329 e. The zero-order chi connectivity index (χ0) is 19.6. The van der Waals surface area contributed by atoms with Crippen LogP contribution in [0, 0.1) is 18.8 Å². The van der Waals surface area contributed by atoms with Gasteiger partial charge in [0.1, 0.15) is 6.04 Å². The molecule has 142 valence electrons. The summed E-state index contributed by atoms with van der Waals surface area (Å²) in [7, 11) is 0. The van der Waals surface area contributed by atoms with E-state index in [-0.39, 0.29) is 11.8 Å². The van der Waals surface area contributed by atoms with Crippen molar-refractivity contribution in [2.45, 2.75) is 32.7 Å². The van der Waals surface area contributed by atoms with Crippen LogP contribution in [0.2, 0.25) is 0 Å². The van der Waals surface area contributed by atoms with E-state index < -0.39 is 36.4 Å². The lowest BCUT2D eigenvalue weighted by atomic mass is 9.85. The summed E-state index contributed by atoms with van der Waals surface area (Å²) in [5.74, 6) is -2.75. The van der Waals surface area contributed by atoms with Gasteiger partial charge in [-0.2, -0.15) is 0 Å². The SMILES string of the molecule is Cc1ccccc1NC(=O)COC(=O)[C@H](C)N1C(=O)[C@H]2CC=CC[C@@H]2C1=O. The number of carbonyl (C=O) groups excluding carboxylic acids is 4. The molecule has 27 heavy (non-hydrogen) atoms. The number of anilines is 1. The summed E-state index contributed by atoms with van der Waals surface area (Å²) in [6.45, 7) is 2.81. The first-order chi connectivity index (χ1) is 12.9. The van der Waals surface area contributed by atoms with E-state index in [2.05, 4.69) is 5.32 Å². The average Bonchev–Trinajstić information content (AvgIpc) is 2.92. The quantitative estimate of drug-likeness (QED) is 0.485. The molecule has 0 bridgehead atoms. The van der Waals surface area contributed by atoms with Gasteiger partial charge in [0.2, 0.25) is 11.8 Å². The highest BCUT2D eigenvalue weighted by Gasteiger charge is 2.50. The maximum absolute atomic E-state index is 12.5. The standard InChI is InChI=1S/C20H22N2O5/c1-12-7-3-6-10-16(12)21-17(23)11-27-20(26)13(2)22-18(24)14-8-4-5-9-15(14)19(22)25/h3-7,10,13-15H,8-9,11H2,1-2H3,(H,21,23)/t13-,14-,15-/m0/s1. The van der Waals surface area contributed by atoms with Crippen LogP contribution in [0.3, 0.4) is 0 Å². The van der Waals surface area contributed by atoms with Gasteiger partial charge in [-0.05, 0) is 38.3 Å². The summed E-state index contributed by atoms with van der Waals surface area (Å²) >= 11 is 0. The summed E-state index contributed by atoms with van der Waals surface area (Å²) in [6.07, 6.45) is 4.78. The molecule has 1 aliphatic heterocycles. The summed E-state index contributed by atoms with van der Waals surface area (Å²) in [5.41, 5.74) is 1.52. The van der Waals surface area contributed by atoms with Crippen LogP contribution in [0.15, 0.2) is 36.4 Å². The maximum atomic E-state index is 12.5. The molecule has 7 nitrogen and oxygen atoms in total. The Bertz CT molecular complexity index is 790. The van der Waals surface area contributed by atoms with E-state index in [0.717, 1.165) is 10.5 Å². The van der Waals surface area contributed by atoms with Crippen molar-refractivity contribution in [2.24, 2.45) is 11.8 Å². The minimum Gasteiger partial charge on any atom is -0.454 e. The van der Waals surface area contributed by atoms with Crippen LogP contribution in [0.1, 0.15) is 25.3 Å². The van der Waals surface area contributed by atoms with Gasteiger partial charge in [-0.15, -0.1) is 0 Å². The molecule has 0 radical (unpaired) electrons. The molecule has 0 unspecified atom stereocenters. The number of imide groups is 1. The summed E-state index contributed by atoms with van der Waals surface area (Å²) in [5, 5.41) is 2.66. The minimum absolute atomic E-state index is 0.344. The number of likely N-dealkylation sites (tertiary alicyclic amines) is 1. The number of allylic oxidation sites excluding steroid dienone is 2. The molecule has 0 spiro atoms. The highest BCUT2D eigenvalue weighted by Crippen LogP contribution is 2.36. The number of aryl methyl sites for hydroxylation is 1. The van der Waals surface area contributed by atoms with Gasteiger partial charge in [-0.1, -0.05) is 30.4 Å². The number of hydrogen-bond donors (Lipinski definition) is 1. The minimum atomic E-state index is -1.05. The molecule has 1 aliphatic carbocycles. The fourth-order valence-electron chi connectivity index (χ4n) is 3.47. The molecule has 3 atom stereocenters. The van der Waals surface area contributed by atoms with Crippen molar-refractivity contribution in [2.75, 3.05) is 11.9 Å². The predicted molar refractivity (Wildman–Crippen MR) is 97.4 cm³/mol. The van der Waals surface area contributed by atoms with Crippen LogP contribution < -0.4 is 5.32 Å². The number of para-hydroxylation sites is 1. The Hall–Kier alpha value is -2.96. The normalized spacial score (nSPS) is 22.4. The largest absolute Gasteiger partial charge is 0.454 e. The zero-order valence-corrected chi connectivity index (χ0v) is 15.3. The first-order valence-corrected chi connectivity index (χ1v) is 8.94. The number of fused-ring (bicyclic) bond motifs is 1. The van der Waals surface area contributed by atoms with E-state index in [9.17, 15) is 19.2 Å². The third-order valence-electron chi connectivity index (χ3n) is 5.03. The highest BCUT2D eigenvalue weighted by molar-refractivity contribution is 6.08. The fourth-order valence-corrected chi connectivity index (χ4v) is 3.47. The van der Waals surface area contributed by atoms with E-state index in [1.165, 1.54) is 6.92 Å². The predicted octanol–water partition coefficient (Wildman–Crippen LogP) is 1.82. The Labute approximate surface area is 157 Å². The molecular weight excluding hydrogens is 348 g/mol. The zero-order valence-electron chi connectivity index (χ0n) is 15.3. The second-order valence-corrected chi connectivity index (χ2v) is 6.85. The van der Waals surface area contributed by atoms with Crippen LogP contribution in [-0.2, 0) is 23.9 Å². The van der Waals surface area contributed by atoms with Crippen molar-refractivity contribution < 1.29 is 23.9 Å². The van der Waals surface area contributed by atoms with Crippen molar-refractivity contribution in [3.05, 3.63) is 42.0 Å². The second kappa shape index (κ2) is 7.73. The molecule has 0 saturated carbocycles. The van der Waals surface area contributed by atoms with Crippen molar-refractivity contribution in [1.82, 2.24) is 4.90 Å². The van der Waals surface area contributed by atoms with Gasteiger partial charge >= 0.3 is 5.97 Å². The van der Waals surface area contributed by atoms with E-state index in [1.807, 2.05) is 31.2 Å². The van der Waals surface area contributed by atoms with Crippen LogP contribution in [0.5, 0.6) is 0 Å². The van der Waals surface area contributed by atoms with Gasteiger partial charge in [0.25, 0.3) is 5.91 Å². The van der Waals surface area contributed by atoms with Crippen LogP contribution in [0.25, 0.3) is 0 Å². The van der Waals surface area contributed by atoms with Crippen LogP contribution in [0.4, 0.5) is 5.69 Å². The van der Waals surface area contributed by atoms with Gasteiger partial charge in [-0.25, -0.2) is 4.79 Å². The first-order valence-electron chi connectivity index (χ1n) is 8.94. The third kappa shape index (κ3) is 3.77. The Morgan fingerprint density at radius 3 is 2.33 bits per heavy atom. The monoisotopic (exact) mass is 370 g/mol. The molecule has 7 heteroatoms. The van der Waals surface area contributed by atoms with E-state index in [4.69, 9.17) is 4.74 Å². The van der Waals surface area contributed by atoms with Crippen molar-refractivity contribution >= 4 is 29.4 Å². The molecule has 3 rings (SSSR count). The molecule has 3 amide bonds. The Balaban J connectivity index is 1.56. The van der Waals surface area contributed by atoms with Crippen molar-refractivity contribution in [1.29, 1.82) is 0 Å². The Morgan fingerprint density at radius 1 is 1.15 bits per heavy atom. The molecular formula is C20H22N2O5. The topological polar surface area (TPSA) is 92.8 Å². The Morgan fingerprint density at radius 2 is 1.74 bits per heavy atom. The lowest BCUT2D eigenvalue weighted by molar-refractivity contribution is -0.159. The van der Waals surface area contributed by atoms with Crippen LogP contribution >= 0.6 is 0 Å². The first kappa shape index (κ1) is 18.8. The second-order valence-electron chi connectivity index (χ2n) is 6.85. The molecule has 2 aliphatic rings. The van der Waals surface area contributed by atoms with E-state index in [0.29, 0.717) is 18.5 Å². The molecule has 0 aromatic heterocycles. The molecule has 1 fully saturated rings. The number of nitrogens with zero attached hydrogens (tertiary/aromatic N) is 1. The summed E-state index contributed by atoms with van der Waals surface area (Å²) in [4.78, 5) is 50.3. The van der Waals surface area contributed by atoms with Gasteiger partial charge in [-0.3, -0.25) is 19.3 Å². The molecule has 1 heterocycles. The number of esters is 1. The number of amides is 3. The molecule has 1 N–H and O–H groups in total. The van der Waals surface area contributed by atoms with Crippen molar-refractivity contribution in [3.8, 4) is 0 Å². The lowest BCUT2D eigenvalue weighted by Crippen LogP contribution is -2.45. The van der Waals surface area contributed by atoms with Gasteiger partial charge in [0, 0.05) is 5.69 Å². The average molecular weight is 370 g/mol. The number of carbonyl (C=O) groups is 4. The fraction of sp³-hybridized carbons (Fsp3) is 0.400. The number of nitrogens with one attached hydrogen (secondary N) is 1. The number of rotatable bonds is 5. The number of benzene rings is 1. The van der Waals surface area contributed by atoms with Gasteiger partial charge in [0.15, 0.2) is 6.61 Å².